The zero-order chi connectivity index (χ0) is 24.0. The molecule has 172 valence electrons. The van der Waals surface area contributed by atoms with Crippen molar-refractivity contribution < 1.29 is 4.39 Å². The first-order valence-electron chi connectivity index (χ1n) is 11.2. The molecule has 1 aliphatic rings. The number of aryl methyl sites for hydroxylation is 3. The second-order valence-corrected chi connectivity index (χ2v) is 9.17. The third-order valence-corrected chi connectivity index (χ3v) is 6.75. The number of benzene rings is 1. The Morgan fingerprint density at radius 1 is 0.971 bits per heavy atom. The van der Waals surface area contributed by atoms with E-state index >= 15 is 0 Å². The van der Waals surface area contributed by atoms with Gasteiger partial charge >= 0.3 is 0 Å². The van der Waals surface area contributed by atoms with Crippen LogP contribution in [0.25, 0.3) is 5.82 Å². The van der Waals surface area contributed by atoms with Crippen molar-refractivity contribution in [3.8, 4) is 5.82 Å². The van der Waals surface area contributed by atoms with E-state index in [2.05, 4.69) is 50.7 Å². The van der Waals surface area contributed by atoms with Gasteiger partial charge in [0.1, 0.15) is 11.6 Å². The van der Waals surface area contributed by atoms with Gasteiger partial charge in [0.05, 0.1) is 17.8 Å². The van der Waals surface area contributed by atoms with Gasteiger partial charge in [0.15, 0.2) is 5.11 Å². The van der Waals surface area contributed by atoms with E-state index in [0.717, 1.165) is 39.7 Å². The molecule has 0 bridgehead atoms. The van der Waals surface area contributed by atoms with E-state index in [-0.39, 0.29) is 17.9 Å². The zero-order valence-electron chi connectivity index (χ0n) is 19.6. The molecule has 0 aliphatic carbocycles. The quantitative estimate of drug-likeness (QED) is 0.380. The van der Waals surface area contributed by atoms with Gasteiger partial charge in [-0.3, -0.25) is 4.98 Å². The van der Waals surface area contributed by atoms with Crippen LogP contribution in [0.5, 0.6) is 0 Å². The Morgan fingerprint density at radius 3 is 2.47 bits per heavy atom. The van der Waals surface area contributed by atoms with E-state index in [1.807, 2.05) is 43.5 Å². The number of rotatable bonds is 4. The van der Waals surface area contributed by atoms with Gasteiger partial charge in [0.2, 0.25) is 0 Å². The molecule has 1 aliphatic heterocycles. The first-order valence-corrected chi connectivity index (χ1v) is 11.6. The fourth-order valence-corrected chi connectivity index (χ4v) is 5.11. The highest BCUT2D eigenvalue weighted by Gasteiger charge is 2.42. The summed E-state index contributed by atoms with van der Waals surface area (Å²) >= 11 is 5.82. The fraction of sp³-hybridized carbons (Fsp3) is 0.222. The summed E-state index contributed by atoms with van der Waals surface area (Å²) in [4.78, 5) is 11.4. The van der Waals surface area contributed by atoms with Crippen LogP contribution in [0.4, 0.5) is 10.1 Å². The van der Waals surface area contributed by atoms with Crippen LogP contribution in [-0.2, 0) is 0 Å². The number of aromatic nitrogens is 3. The predicted molar refractivity (Wildman–Crippen MR) is 137 cm³/mol. The van der Waals surface area contributed by atoms with Crippen LogP contribution in [0.15, 0.2) is 67.0 Å². The molecule has 1 aromatic carbocycles. The van der Waals surface area contributed by atoms with Crippen molar-refractivity contribution in [2.45, 2.75) is 39.8 Å². The second-order valence-electron chi connectivity index (χ2n) is 8.79. The molecule has 5 rings (SSSR count). The monoisotopic (exact) mass is 471 g/mol. The highest BCUT2D eigenvalue weighted by molar-refractivity contribution is 7.80. The van der Waals surface area contributed by atoms with Gasteiger partial charge in [0.25, 0.3) is 0 Å². The van der Waals surface area contributed by atoms with Crippen molar-refractivity contribution >= 4 is 23.0 Å². The van der Waals surface area contributed by atoms with Crippen molar-refractivity contribution in [1.29, 1.82) is 0 Å². The first kappa shape index (κ1) is 22.2. The van der Waals surface area contributed by atoms with Crippen LogP contribution in [-0.4, -0.2) is 19.6 Å². The fourth-order valence-electron chi connectivity index (χ4n) is 4.76. The number of hydrogen-bond donors (Lipinski definition) is 1. The minimum Gasteiger partial charge on any atom is -0.351 e. The molecular weight excluding hydrogens is 445 g/mol. The molecular formula is C27H26FN5S. The molecule has 1 N–H and O–H groups in total. The average molecular weight is 472 g/mol. The predicted octanol–water partition coefficient (Wildman–Crippen LogP) is 5.82. The summed E-state index contributed by atoms with van der Waals surface area (Å²) < 4.78 is 16.3. The lowest BCUT2D eigenvalue weighted by Crippen LogP contribution is -2.29. The Balaban J connectivity index is 1.68. The minimum atomic E-state index is -0.233. The Hall–Kier alpha value is -3.58. The van der Waals surface area contributed by atoms with Crippen molar-refractivity contribution in [3.05, 3.63) is 107 Å². The molecule has 0 unspecified atom stereocenters. The molecule has 0 radical (unpaired) electrons. The number of thiocarbonyl (C=S) groups is 1. The minimum absolute atomic E-state index is 0.168. The van der Waals surface area contributed by atoms with Crippen molar-refractivity contribution in [1.82, 2.24) is 19.9 Å². The van der Waals surface area contributed by atoms with E-state index in [9.17, 15) is 4.39 Å². The molecule has 34 heavy (non-hydrogen) atoms. The van der Waals surface area contributed by atoms with Gasteiger partial charge in [-0.05, 0) is 99.1 Å². The van der Waals surface area contributed by atoms with E-state index in [1.54, 1.807) is 19.2 Å². The molecule has 0 spiro atoms. The third-order valence-electron chi connectivity index (χ3n) is 6.43. The summed E-state index contributed by atoms with van der Waals surface area (Å²) in [6.07, 6.45) is 3.67. The summed E-state index contributed by atoms with van der Waals surface area (Å²) in [6.45, 7) is 7.99. The maximum Gasteiger partial charge on any atom is 0.174 e. The van der Waals surface area contributed by atoms with Gasteiger partial charge in [-0.25, -0.2) is 9.37 Å². The molecule has 2 atom stereocenters. The Kier molecular flexibility index (Phi) is 5.65. The summed E-state index contributed by atoms with van der Waals surface area (Å²) in [7, 11) is 0. The van der Waals surface area contributed by atoms with E-state index in [4.69, 9.17) is 12.2 Å². The van der Waals surface area contributed by atoms with Gasteiger partial charge in [-0.15, -0.1) is 0 Å². The number of hydrogen-bond acceptors (Lipinski definition) is 3. The van der Waals surface area contributed by atoms with Crippen LogP contribution in [0.3, 0.4) is 0 Å². The van der Waals surface area contributed by atoms with Gasteiger partial charge < -0.3 is 14.8 Å². The van der Waals surface area contributed by atoms with Gasteiger partial charge in [-0.2, -0.15) is 0 Å². The molecule has 7 heteroatoms. The number of anilines is 1. The van der Waals surface area contributed by atoms with Gasteiger partial charge in [0, 0.05) is 29.5 Å². The van der Waals surface area contributed by atoms with Crippen LogP contribution < -0.4 is 10.2 Å². The second kappa shape index (κ2) is 8.65. The molecule has 1 saturated heterocycles. The highest BCUT2D eigenvalue weighted by Crippen LogP contribution is 2.43. The zero-order valence-corrected chi connectivity index (χ0v) is 20.4. The molecule has 4 aromatic rings. The van der Waals surface area contributed by atoms with E-state index in [0.29, 0.717) is 10.7 Å². The standard InChI is InChI=1S/C27H26FN5S/c1-16-8-11-24(30-15-16)32-18(3)14-21(19(32)4)26-25(23-7-5-6-12-29-23)31-27(34)33(26)20-9-10-22(28)17(2)13-20/h5-15,25-26H,1-4H3,(H,31,34)/t25-,26+/m0/s1. The van der Waals surface area contributed by atoms with Gasteiger partial charge in [-0.1, -0.05) is 12.1 Å². The summed E-state index contributed by atoms with van der Waals surface area (Å²) in [5.74, 6) is 0.641. The molecule has 0 saturated carbocycles. The first-order chi connectivity index (χ1) is 16.3. The third kappa shape index (κ3) is 3.76. The van der Waals surface area contributed by atoms with E-state index < -0.39 is 0 Å². The molecule has 0 amide bonds. The summed E-state index contributed by atoms with van der Waals surface area (Å²) in [5.41, 5.74) is 6.71. The number of nitrogens with one attached hydrogen (secondary N) is 1. The summed E-state index contributed by atoms with van der Waals surface area (Å²) in [5, 5.41) is 4.07. The normalized spacial score (nSPS) is 17.8. The SMILES string of the molecule is Cc1ccc(-n2c(C)cc([C@@H]3[C@H](c4ccccn4)NC(=S)N3c3ccc(F)c(C)c3)c2C)nc1. The van der Waals surface area contributed by atoms with Crippen LogP contribution >= 0.6 is 12.2 Å². The van der Waals surface area contributed by atoms with Crippen molar-refractivity contribution in [2.24, 2.45) is 0 Å². The Labute approximate surface area is 204 Å². The van der Waals surface area contributed by atoms with Crippen LogP contribution in [0, 0.1) is 33.5 Å². The largest absolute Gasteiger partial charge is 0.351 e. The Morgan fingerprint density at radius 2 is 1.79 bits per heavy atom. The topological polar surface area (TPSA) is 46.0 Å². The molecule has 5 nitrogen and oxygen atoms in total. The molecule has 1 fully saturated rings. The van der Waals surface area contributed by atoms with Crippen molar-refractivity contribution in [3.63, 3.8) is 0 Å². The van der Waals surface area contributed by atoms with Crippen LogP contribution in [0.2, 0.25) is 0 Å². The lowest BCUT2D eigenvalue weighted by Gasteiger charge is -2.28. The lowest BCUT2D eigenvalue weighted by atomic mass is 9.96. The van der Waals surface area contributed by atoms with Crippen molar-refractivity contribution in [2.75, 3.05) is 4.90 Å². The number of nitrogens with zero attached hydrogens (tertiary/aromatic N) is 4. The maximum absolute atomic E-state index is 14.1. The lowest BCUT2D eigenvalue weighted by molar-refractivity contribution is 0.564. The number of halogens is 1. The average Bonchev–Trinajstić information content (AvgIpc) is 3.32. The highest BCUT2D eigenvalue weighted by atomic mass is 32.1. The van der Waals surface area contributed by atoms with E-state index in [1.165, 1.54) is 6.07 Å². The molecule has 4 heterocycles. The number of pyridine rings is 2. The smallest absolute Gasteiger partial charge is 0.174 e. The maximum atomic E-state index is 14.1. The Bertz CT molecular complexity index is 1360. The molecule has 3 aromatic heterocycles. The summed E-state index contributed by atoms with van der Waals surface area (Å²) in [6, 6.07) is 17.0. The van der Waals surface area contributed by atoms with Crippen LogP contribution in [0.1, 0.15) is 45.9 Å².